The number of aromatic nitrogens is 1. The standard InChI is InChI=1S/C12H15NO.C11H15FO.C11H13N.C10H11F3O.C10H15NO/c1-4-14-12-6-5-10(8-13)7-11(12)9(2)3;1-4-13-11-6-5-9(12)7-10(11)8(2)3;1-8(2)11-6-10(7-12)5-4-9(11)3;1-6(2)8-5-7(11)3-4-9(8)14-10(12)13;1-7(2)10-9(12-4)6-5-8(3)11-10/h5-7,9H,4H2,1-3H3;5-8H,4H2,1-3H3;4-6,8H,1-3H3;3-6,10H,1-2H3;5-7H,1-4H3. The number of benzene rings is 4. The second kappa shape index (κ2) is 29.4. The van der Waals surface area contributed by atoms with Crippen LogP contribution in [0, 0.1) is 48.1 Å². The molecule has 0 saturated carbocycles. The van der Waals surface area contributed by atoms with Gasteiger partial charge in [-0.1, -0.05) is 75.3 Å². The Morgan fingerprint density at radius 3 is 1.34 bits per heavy atom. The molecule has 0 fully saturated rings. The van der Waals surface area contributed by atoms with Crippen molar-refractivity contribution in [2.45, 2.75) is 133 Å². The molecular formula is C54H69F4N3O4. The van der Waals surface area contributed by atoms with Gasteiger partial charge in [0.25, 0.3) is 0 Å². The molecule has 0 unspecified atom stereocenters. The summed E-state index contributed by atoms with van der Waals surface area (Å²) in [6, 6.07) is 27.8. The molecular weight excluding hydrogens is 831 g/mol. The van der Waals surface area contributed by atoms with Crippen LogP contribution in [0.15, 0.2) is 84.9 Å². The van der Waals surface area contributed by atoms with E-state index in [1.165, 1.54) is 35.4 Å². The van der Waals surface area contributed by atoms with Gasteiger partial charge < -0.3 is 18.9 Å². The first-order valence-electron chi connectivity index (χ1n) is 22.0. The lowest BCUT2D eigenvalue weighted by atomic mass is 9.96. The second-order valence-corrected chi connectivity index (χ2v) is 16.5. The number of methoxy groups -OCH3 is 1. The summed E-state index contributed by atoms with van der Waals surface area (Å²) in [6.07, 6.45) is 0. The van der Waals surface area contributed by atoms with Crippen molar-refractivity contribution in [3.63, 3.8) is 0 Å². The van der Waals surface area contributed by atoms with Gasteiger partial charge in [-0.05, 0) is 164 Å². The number of ether oxygens (including phenoxy) is 4. The number of hydrogen-bond acceptors (Lipinski definition) is 7. The Kier molecular flexibility index (Phi) is 25.7. The molecule has 4 aromatic carbocycles. The topological polar surface area (TPSA) is 97.4 Å². The lowest BCUT2D eigenvalue weighted by Crippen LogP contribution is -2.05. The fourth-order valence-electron chi connectivity index (χ4n) is 6.27. The van der Waals surface area contributed by atoms with Gasteiger partial charge in [0.2, 0.25) is 0 Å². The van der Waals surface area contributed by atoms with Crippen LogP contribution in [-0.2, 0) is 0 Å². The molecule has 5 aromatic rings. The first-order valence-corrected chi connectivity index (χ1v) is 22.0. The average molecular weight is 900 g/mol. The molecule has 0 aliphatic rings. The van der Waals surface area contributed by atoms with Gasteiger partial charge in [0.05, 0.1) is 49.3 Å². The number of nitrogens with zero attached hydrogens (tertiary/aromatic N) is 3. The van der Waals surface area contributed by atoms with Crippen LogP contribution >= 0.6 is 0 Å². The average Bonchev–Trinajstić information content (AvgIpc) is 3.25. The molecule has 7 nitrogen and oxygen atoms in total. The van der Waals surface area contributed by atoms with Crippen molar-refractivity contribution in [1.29, 1.82) is 10.5 Å². The van der Waals surface area contributed by atoms with Crippen LogP contribution in [0.5, 0.6) is 23.0 Å². The van der Waals surface area contributed by atoms with Crippen molar-refractivity contribution in [1.82, 2.24) is 4.98 Å². The minimum absolute atomic E-state index is 0.0383. The molecule has 1 aromatic heterocycles. The van der Waals surface area contributed by atoms with Crippen molar-refractivity contribution >= 4 is 0 Å². The van der Waals surface area contributed by atoms with Crippen LogP contribution < -0.4 is 18.9 Å². The monoisotopic (exact) mass is 900 g/mol. The van der Waals surface area contributed by atoms with E-state index in [-0.39, 0.29) is 23.4 Å². The van der Waals surface area contributed by atoms with E-state index in [1.54, 1.807) is 33.1 Å². The van der Waals surface area contributed by atoms with Crippen molar-refractivity contribution in [3.05, 3.63) is 147 Å². The molecule has 0 bridgehead atoms. The van der Waals surface area contributed by atoms with Gasteiger partial charge in [0, 0.05) is 5.69 Å². The summed E-state index contributed by atoms with van der Waals surface area (Å²) in [5.41, 5.74) is 8.55. The van der Waals surface area contributed by atoms with E-state index in [9.17, 15) is 17.6 Å². The molecule has 0 aliphatic carbocycles. The largest absolute Gasteiger partial charge is 0.495 e. The highest BCUT2D eigenvalue weighted by molar-refractivity contribution is 5.44. The Morgan fingerprint density at radius 2 is 0.923 bits per heavy atom. The molecule has 0 atom stereocenters. The Hall–Kier alpha value is -6.07. The van der Waals surface area contributed by atoms with Crippen LogP contribution in [0.4, 0.5) is 17.6 Å². The number of pyridine rings is 1. The van der Waals surface area contributed by atoms with Gasteiger partial charge in [-0.15, -0.1) is 0 Å². The SMILES string of the molecule is CC(C)c1cc(F)ccc1OC(F)F.CCOc1ccc(C#N)cc1C(C)C.CCOc1ccc(F)cc1C(C)C.COc1ccc(C)nc1C(C)C.Cc1ccc(C#N)cc1C(C)C. The van der Waals surface area contributed by atoms with Crippen LogP contribution in [0.2, 0.25) is 0 Å². The zero-order chi connectivity index (χ0) is 49.4. The Bertz CT molecular complexity index is 2270. The van der Waals surface area contributed by atoms with Crippen LogP contribution in [0.1, 0.15) is 163 Å². The number of rotatable bonds is 12. The quantitative estimate of drug-likeness (QED) is 0.115. The van der Waals surface area contributed by atoms with E-state index in [4.69, 9.17) is 24.7 Å². The Morgan fingerprint density at radius 1 is 0.523 bits per heavy atom. The van der Waals surface area contributed by atoms with E-state index >= 15 is 0 Å². The molecule has 1 heterocycles. The highest BCUT2D eigenvalue weighted by Gasteiger charge is 2.14. The third kappa shape index (κ3) is 20.1. The van der Waals surface area contributed by atoms with Crippen molar-refractivity contribution in [3.8, 4) is 35.1 Å². The van der Waals surface area contributed by atoms with E-state index in [0.29, 0.717) is 42.1 Å². The Labute approximate surface area is 386 Å². The summed E-state index contributed by atoms with van der Waals surface area (Å²) in [6.45, 7) is 26.7. The second-order valence-electron chi connectivity index (χ2n) is 16.5. The summed E-state index contributed by atoms with van der Waals surface area (Å²) >= 11 is 0. The number of alkyl halides is 2. The molecule has 0 saturated heterocycles. The highest BCUT2D eigenvalue weighted by atomic mass is 19.3. The zero-order valence-corrected chi connectivity index (χ0v) is 40.9. The fourth-order valence-corrected chi connectivity index (χ4v) is 6.27. The third-order valence-electron chi connectivity index (χ3n) is 9.59. The normalized spacial score (nSPS) is 10.4. The molecule has 0 N–H and O–H groups in total. The Balaban J connectivity index is 0.000000407. The number of hydrogen-bond donors (Lipinski definition) is 0. The first-order chi connectivity index (χ1) is 30.6. The number of aryl methyl sites for hydroxylation is 2. The molecule has 5 rings (SSSR count). The zero-order valence-electron chi connectivity index (χ0n) is 40.9. The molecule has 352 valence electrons. The van der Waals surface area contributed by atoms with Crippen molar-refractivity contribution in [2.24, 2.45) is 0 Å². The fraction of sp³-hybridized carbons (Fsp3) is 0.426. The van der Waals surface area contributed by atoms with Gasteiger partial charge in [-0.2, -0.15) is 19.3 Å². The summed E-state index contributed by atoms with van der Waals surface area (Å²) in [4.78, 5) is 4.42. The van der Waals surface area contributed by atoms with Gasteiger partial charge in [0.1, 0.15) is 34.6 Å². The molecule has 0 radical (unpaired) electrons. The summed E-state index contributed by atoms with van der Waals surface area (Å²) < 4.78 is 69.9. The van der Waals surface area contributed by atoms with Crippen LogP contribution in [-0.4, -0.2) is 31.9 Å². The van der Waals surface area contributed by atoms with Gasteiger partial charge in [-0.3, -0.25) is 4.98 Å². The molecule has 0 amide bonds. The smallest absolute Gasteiger partial charge is 0.387 e. The predicted molar refractivity (Wildman–Crippen MR) is 255 cm³/mol. The van der Waals surface area contributed by atoms with Crippen LogP contribution in [0.25, 0.3) is 0 Å². The van der Waals surface area contributed by atoms with Crippen molar-refractivity contribution < 1.29 is 36.5 Å². The van der Waals surface area contributed by atoms with Crippen molar-refractivity contribution in [2.75, 3.05) is 20.3 Å². The van der Waals surface area contributed by atoms with Crippen LogP contribution in [0.3, 0.4) is 0 Å². The van der Waals surface area contributed by atoms with E-state index in [2.05, 4.69) is 70.3 Å². The van der Waals surface area contributed by atoms with E-state index in [1.807, 2.05) is 77.1 Å². The predicted octanol–water partition coefficient (Wildman–Crippen LogP) is 15.5. The van der Waals surface area contributed by atoms with E-state index in [0.717, 1.165) is 51.4 Å². The minimum Gasteiger partial charge on any atom is -0.495 e. The highest BCUT2D eigenvalue weighted by Crippen LogP contribution is 2.30. The van der Waals surface area contributed by atoms with Gasteiger partial charge in [0.15, 0.2) is 0 Å². The molecule has 11 heteroatoms. The third-order valence-corrected chi connectivity index (χ3v) is 9.59. The summed E-state index contributed by atoms with van der Waals surface area (Å²) in [5, 5.41) is 17.5. The molecule has 0 spiro atoms. The van der Waals surface area contributed by atoms with E-state index < -0.39 is 12.4 Å². The minimum atomic E-state index is -2.88. The number of nitriles is 2. The molecule has 0 aliphatic heterocycles. The van der Waals surface area contributed by atoms with Gasteiger partial charge >= 0.3 is 6.61 Å². The first kappa shape index (κ1) is 56.9. The molecule has 65 heavy (non-hydrogen) atoms. The maximum atomic E-state index is 12.9. The summed E-state index contributed by atoms with van der Waals surface area (Å²) in [7, 11) is 1.68. The maximum Gasteiger partial charge on any atom is 0.387 e. The number of halogens is 4. The lowest BCUT2D eigenvalue weighted by Gasteiger charge is -2.12. The van der Waals surface area contributed by atoms with Gasteiger partial charge in [-0.25, -0.2) is 8.78 Å². The summed E-state index contributed by atoms with van der Waals surface area (Å²) in [5.74, 6) is 3.48. The lowest BCUT2D eigenvalue weighted by molar-refractivity contribution is -0.0506. The maximum absolute atomic E-state index is 12.9.